The van der Waals surface area contributed by atoms with Crippen molar-refractivity contribution < 1.29 is 0 Å². The summed E-state index contributed by atoms with van der Waals surface area (Å²) in [5.41, 5.74) is 1.66. The molecule has 1 aliphatic carbocycles. The van der Waals surface area contributed by atoms with Gasteiger partial charge in [-0.1, -0.05) is 31.6 Å². The van der Waals surface area contributed by atoms with E-state index in [1.807, 2.05) is 6.20 Å². The van der Waals surface area contributed by atoms with Gasteiger partial charge in [0, 0.05) is 18.3 Å². The maximum Gasteiger partial charge on any atom is 0.0227 e. The third-order valence-electron chi connectivity index (χ3n) is 3.62. The molecule has 0 fully saturated rings. The standard InChI is InChI=1S/C13H19N/c1-3-10(2)11-4-5-13-9-14-7-6-12(13)8-11/h4,6-7,9-10,12-13H,3,5,8H2,1-2H3. The van der Waals surface area contributed by atoms with E-state index in [1.54, 1.807) is 5.57 Å². The van der Waals surface area contributed by atoms with Crippen LogP contribution >= 0.6 is 0 Å². The predicted molar refractivity (Wildman–Crippen MR) is 61.4 cm³/mol. The lowest BCUT2D eigenvalue weighted by Crippen LogP contribution is -2.22. The Morgan fingerprint density at radius 2 is 2.36 bits per heavy atom. The zero-order valence-corrected chi connectivity index (χ0v) is 9.11. The molecular formula is C13H19N. The van der Waals surface area contributed by atoms with Crippen LogP contribution in [0, 0.1) is 17.8 Å². The summed E-state index contributed by atoms with van der Waals surface area (Å²) in [7, 11) is 0. The van der Waals surface area contributed by atoms with E-state index in [-0.39, 0.29) is 0 Å². The van der Waals surface area contributed by atoms with Gasteiger partial charge in [-0.15, -0.1) is 0 Å². The van der Waals surface area contributed by atoms with Gasteiger partial charge in [-0.2, -0.15) is 0 Å². The molecule has 0 saturated heterocycles. The number of allylic oxidation sites excluding steroid dienone is 3. The Bertz CT molecular complexity index is 286. The van der Waals surface area contributed by atoms with E-state index in [0.717, 1.165) is 11.8 Å². The Kier molecular flexibility index (Phi) is 2.85. The fourth-order valence-electron chi connectivity index (χ4n) is 2.34. The van der Waals surface area contributed by atoms with E-state index in [4.69, 9.17) is 0 Å². The van der Waals surface area contributed by atoms with Crippen LogP contribution in [0.3, 0.4) is 0 Å². The van der Waals surface area contributed by atoms with Crippen molar-refractivity contribution in [3.8, 4) is 0 Å². The van der Waals surface area contributed by atoms with Crippen molar-refractivity contribution in [1.29, 1.82) is 0 Å². The number of aliphatic imine (C=N–C) groups is 1. The molecule has 0 N–H and O–H groups in total. The molecule has 0 bridgehead atoms. The molecule has 0 spiro atoms. The van der Waals surface area contributed by atoms with Crippen LogP contribution in [0.5, 0.6) is 0 Å². The minimum atomic E-state index is 0.674. The van der Waals surface area contributed by atoms with Gasteiger partial charge >= 0.3 is 0 Å². The molecule has 3 unspecified atom stereocenters. The second kappa shape index (κ2) is 4.12. The van der Waals surface area contributed by atoms with Crippen molar-refractivity contribution in [2.75, 3.05) is 0 Å². The maximum atomic E-state index is 4.22. The molecule has 76 valence electrons. The normalized spacial score (nSPS) is 32.3. The highest BCUT2D eigenvalue weighted by molar-refractivity contribution is 5.64. The molecule has 0 radical (unpaired) electrons. The first kappa shape index (κ1) is 9.70. The summed E-state index contributed by atoms with van der Waals surface area (Å²) in [5.74, 6) is 2.16. The zero-order valence-electron chi connectivity index (χ0n) is 9.11. The van der Waals surface area contributed by atoms with Crippen molar-refractivity contribution in [2.45, 2.75) is 33.1 Å². The molecule has 1 aliphatic heterocycles. The topological polar surface area (TPSA) is 12.4 Å². The molecule has 1 nitrogen and oxygen atoms in total. The molecule has 0 saturated carbocycles. The van der Waals surface area contributed by atoms with Gasteiger partial charge in [0.15, 0.2) is 0 Å². The molecule has 3 atom stereocenters. The molecule has 0 amide bonds. The van der Waals surface area contributed by atoms with Gasteiger partial charge in [0.2, 0.25) is 0 Å². The van der Waals surface area contributed by atoms with Gasteiger partial charge in [-0.25, -0.2) is 0 Å². The quantitative estimate of drug-likeness (QED) is 0.589. The summed E-state index contributed by atoms with van der Waals surface area (Å²) >= 11 is 0. The van der Waals surface area contributed by atoms with Crippen molar-refractivity contribution in [3.63, 3.8) is 0 Å². The van der Waals surface area contributed by atoms with Crippen LogP contribution in [0.25, 0.3) is 0 Å². The molecule has 0 aromatic heterocycles. The Hall–Kier alpha value is -0.850. The van der Waals surface area contributed by atoms with Crippen molar-refractivity contribution >= 4 is 6.21 Å². The zero-order chi connectivity index (χ0) is 9.97. The minimum Gasteiger partial charge on any atom is -0.269 e. The van der Waals surface area contributed by atoms with Gasteiger partial charge in [-0.05, 0) is 31.1 Å². The second-order valence-corrected chi connectivity index (χ2v) is 4.50. The molecule has 0 aromatic carbocycles. The highest BCUT2D eigenvalue weighted by atomic mass is 14.7. The smallest absolute Gasteiger partial charge is 0.0227 e. The average molecular weight is 189 g/mol. The van der Waals surface area contributed by atoms with Crippen LogP contribution in [-0.2, 0) is 0 Å². The van der Waals surface area contributed by atoms with E-state index in [0.29, 0.717) is 5.92 Å². The monoisotopic (exact) mass is 189 g/mol. The highest BCUT2D eigenvalue weighted by Gasteiger charge is 2.25. The number of fused-ring (bicyclic) bond motifs is 1. The third kappa shape index (κ3) is 1.82. The highest BCUT2D eigenvalue weighted by Crippen LogP contribution is 2.35. The molecule has 0 aromatic rings. The van der Waals surface area contributed by atoms with E-state index in [9.17, 15) is 0 Å². The fraction of sp³-hybridized carbons (Fsp3) is 0.615. The summed E-state index contributed by atoms with van der Waals surface area (Å²) in [6, 6.07) is 0. The molecular weight excluding hydrogens is 170 g/mol. The van der Waals surface area contributed by atoms with Crippen LogP contribution in [-0.4, -0.2) is 6.21 Å². The van der Waals surface area contributed by atoms with Gasteiger partial charge in [0.05, 0.1) is 0 Å². The van der Waals surface area contributed by atoms with E-state index in [2.05, 4.69) is 37.2 Å². The second-order valence-electron chi connectivity index (χ2n) is 4.50. The van der Waals surface area contributed by atoms with Crippen LogP contribution in [0.15, 0.2) is 28.9 Å². The first-order chi connectivity index (χ1) is 6.81. The number of nitrogens with zero attached hydrogens (tertiary/aromatic N) is 1. The molecule has 1 heteroatoms. The molecule has 14 heavy (non-hydrogen) atoms. The van der Waals surface area contributed by atoms with E-state index < -0.39 is 0 Å². The Labute approximate surface area is 86.6 Å². The molecule has 2 aliphatic rings. The summed E-state index contributed by atoms with van der Waals surface area (Å²) in [6.07, 6.45) is 12.5. The Balaban J connectivity index is 2.08. The van der Waals surface area contributed by atoms with E-state index in [1.165, 1.54) is 19.3 Å². The van der Waals surface area contributed by atoms with Gasteiger partial charge in [0.25, 0.3) is 0 Å². The Morgan fingerprint density at radius 1 is 1.50 bits per heavy atom. The van der Waals surface area contributed by atoms with Gasteiger partial charge in [-0.3, -0.25) is 4.99 Å². The van der Waals surface area contributed by atoms with Crippen molar-refractivity contribution in [3.05, 3.63) is 23.9 Å². The lowest BCUT2D eigenvalue weighted by Gasteiger charge is -2.30. The van der Waals surface area contributed by atoms with Crippen molar-refractivity contribution in [2.24, 2.45) is 22.7 Å². The molecule has 2 rings (SSSR count). The number of hydrogen-bond donors (Lipinski definition) is 0. The SMILES string of the molecule is CCC(C)C1=CCC2C=NC=CC2C1. The number of rotatable bonds is 2. The summed E-state index contributed by atoms with van der Waals surface area (Å²) in [6.45, 7) is 4.61. The van der Waals surface area contributed by atoms with E-state index >= 15 is 0 Å². The Morgan fingerprint density at radius 3 is 3.14 bits per heavy atom. The van der Waals surface area contributed by atoms with Crippen LogP contribution in [0.4, 0.5) is 0 Å². The lowest BCUT2D eigenvalue weighted by atomic mass is 9.76. The fourth-order valence-corrected chi connectivity index (χ4v) is 2.34. The largest absolute Gasteiger partial charge is 0.269 e. The van der Waals surface area contributed by atoms with Gasteiger partial charge in [0.1, 0.15) is 0 Å². The third-order valence-corrected chi connectivity index (χ3v) is 3.62. The maximum absolute atomic E-state index is 4.22. The average Bonchev–Trinajstić information content (AvgIpc) is 2.27. The van der Waals surface area contributed by atoms with Crippen LogP contribution in [0.1, 0.15) is 33.1 Å². The summed E-state index contributed by atoms with van der Waals surface area (Å²) in [4.78, 5) is 4.22. The summed E-state index contributed by atoms with van der Waals surface area (Å²) < 4.78 is 0. The predicted octanol–water partition coefficient (Wildman–Crippen LogP) is 3.58. The summed E-state index contributed by atoms with van der Waals surface area (Å²) in [5, 5.41) is 0. The first-order valence-electron chi connectivity index (χ1n) is 5.70. The van der Waals surface area contributed by atoms with Crippen LogP contribution in [0.2, 0.25) is 0 Å². The van der Waals surface area contributed by atoms with Crippen LogP contribution < -0.4 is 0 Å². The lowest BCUT2D eigenvalue weighted by molar-refractivity contribution is 0.445. The van der Waals surface area contributed by atoms with Gasteiger partial charge < -0.3 is 0 Å². The first-order valence-corrected chi connectivity index (χ1v) is 5.70. The minimum absolute atomic E-state index is 0.674. The molecule has 1 heterocycles. The van der Waals surface area contributed by atoms with Crippen molar-refractivity contribution in [1.82, 2.24) is 0 Å². The number of hydrogen-bond acceptors (Lipinski definition) is 1.